The molecule has 10 nitrogen and oxygen atoms in total. The van der Waals surface area contributed by atoms with Crippen LogP contribution in [0.4, 0.5) is 5.82 Å². The van der Waals surface area contributed by atoms with Crippen LogP contribution in [0.3, 0.4) is 0 Å². The van der Waals surface area contributed by atoms with Crippen LogP contribution in [0.25, 0.3) is 0 Å². The molecule has 10 heteroatoms. The molecule has 1 unspecified atom stereocenters. The van der Waals surface area contributed by atoms with Gasteiger partial charge in [0, 0.05) is 18.1 Å². The minimum atomic E-state index is -0.784. The number of aryl methyl sites for hydroxylation is 1. The fraction of sp³-hybridized carbons (Fsp3) is 0.409. The molecule has 1 aliphatic rings. The smallest absolute Gasteiger partial charge is 0.311 e. The SMILES string of the molecule is Cc1cc(NC(=O)COC(=O)C2CC(=O)N(NC(=O)c3ccc(C(C)(C)C)cc3)C2)no1. The summed E-state index contributed by atoms with van der Waals surface area (Å²) < 4.78 is 9.83. The van der Waals surface area contributed by atoms with Crippen LogP contribution in [0.5, 0.6) is 0 Å². The van der Waals surface area contributed by atoms with Gasteiger partial charge in [0.2, 0.25) is 5.91 Å². The number of anilines is 1. The van der Waals surface area contributed by atoms with Gasteiger partial charge >= 0.3 is 5.97 Å². The van der Waals surface area contributed by atoms with Gasteiger partial charge in [0.25, 0.3) is 11.8 Å². The van der Waals surface area contributed by atoms with E-state index in [0.29, 0.717) is 11.3 Å². The van der Waals surface area contributed by atoms with Crippen molar-refractivity contribution in [3.8, 4) is 0 Å². The summed E-state index contributed by atoms with van der Waals surface area (Å²) in [6, 6.07) is 8.64. The first-order chi connectivity index (χ1) is 15.0. The molecule has 2 N–H and O–H groups in total. The largest absolute Gasteiger partial charge is 0.455 e. The second kappa shape index (κ2) is 9.21. The Balaban J connectivity index is 1.49. The molecule has 0 radical (unpaired) electrons. The molecular weight excluding hydrogens is 416 g/mol. The van der Waals surface area contributed by atoms with E-state index in [2.05, 4.69) is 36.7 Å². The van der Waals surface area contributed by atoms with Crippen molar-refractivity contribution in [2.75, 3.05) is 18.5 Å². The number of rotatable bonds is 6. The van der Waals surface area contributed by atoms with Crippen molar-refractivity contribution in [3.63, 3.8) is 0 Å². The lowest BCUT2D eigenvalue weighted by Crippen LogP contribution is -2.43. The Morgan fingerprint density at radius 1 is 1.22 bits per heavy atom. The van der Waals surface area contributed by atoms with Crippen LogP contribution in [0.1, 0.15) is 48.9 Å². The minimum Gasteiger partial charge on any atom is -0.455 e. The van der Waals surface area contributed by atoms with Crippen molar-refractivity contribution in [1.29, 1.82) is 0 Å². The number of nitrogens with one attached hydrogen (secondary N) is 2. The zero-order chi connectivity index (χ0) is 23.5. The van der Waals surface area contributed by atoms with Gasteiger partial charge in [0.1, 0.15) is 5.76 Å². The quantitative estimate of drug-likeness (QED) is 0.654. The van der Waals surface area contributed by atoms with E-state index in [1.54, 1.807) is 19.1 Å². The van der Waals surface area contributed by atoms with Crippen molar-refractivity contribution < 1.29 is 28.4 Å². The number of nitrogens with zero attached hydrogens (tertiary/aromatic N) is 2. The van der Waals surface area contributed by atoms with Gasteiger partial charge in [0.05, 0.1) is 12.5 Å². The number of hydrazine groups is 1. The third-order valence-corrected chi connectivity index (χ3v) is 4.95. The molecule has 3 amide bonds. The van der Waals surface area contributed by atoms with Gasteiger partial charge in [-0.15, -0.1) is 0 Å². The van der Waals surface area contributed by atoms with E-state index in [0.717, 1.165) is 10.6 Å². The predicted molar refractivity (Wildman–Crippen MR) is 113 cm³/mol. The van der Waals surface area contributed by atoms with E-state index in [9.17, 15) is 19.2 Å². The van der Waals surface area contributed by atoms with Crippen molar-refractivity contribution in [2.45, 2.75) is 39.5 Å². The molecule has 2 heterocycles. The molecule has 170 valence electrons. The van der Waals surface area contributed by atoms with E-state index in [1.807, 2.05) is 12.1 Å². The number of benzene rings is 1. The summed E-state index contributed by atoms with van der Waals surface area (Å²) in [4.78, 5) is 48.8. The number of aromatic nitrogens is 1. The van der Waals surface area contributed by atoms with E-state index in [1.165, 1.54) is 6.07 Å². The topological polar surface area (TPSA) is 131 Å². The number of esters is 1. The van der Waals surface area contributed by atoms with Crippen molar-refractivity contribution >= 4 is 29.5 Å². The van der Waals surface area contributed by atoms with E-state index >= 15 is 0 Å². The molecule has 0 spiro atoms. The summed E-state index contributed by atoms with van der Waals surface area (Å²) in [6.45, 7) is 7.33. The summed E-state index contributed by atoms with van der Waals surface area (Å²) in [5.41, 5.74) is 3.96. The fourth-order valence-corrected chi connectivity index (χ4v) is 3.14. The highest BCUT2D eigenvalue weighted by atomic mass is 16.5. The second-order valence-electron chi connectivity index (χ2n) is 8.65. The number of hydrogen-bond donors (Lipinski definition) is 2. The van der Waals surface area contributed by atoms with Gasteiger partial charge in [-0.3, -0.25) is 29.6 Å². The number of amides is 3. The summed E-state index contributed by atoms with van der Waals surface area (Å²) >= 11 is 0. The third kappa shape index (κ3) is 5.71. The molecule has 0 aliphatic carbocycles. The van der Waals surface area contributed by atoms with Gasteiger partial charge in [-0.2, -0.15) is 0 Å². The first-order valence-electron chi connectivity index (χ1n) is 10.1. The van der Waals surface area contributed by atoms with Crippen LogP contribution in [-0.2, 0) is 24.5 Å². The van der Waals surface area contributed by atoms with E-state index in [4.69, 9.17) is 9.26 Å². The maximum Gasteiger partial charge on any atom is 0.311 e. The van der Waals surface area contributed by atoms with Gasteiger partial charge in [-0.1, -0.05) is 38.1 Å². The van der Waals surface area contributed by atoms with Gasteiger partial charge < -0.3 is 14.6 Å². The molecule has 0 bridgehead atoms. The summed E-state index contributed by atoms with van der Waals surface area (Å²) in [5, 5.41) is 7.14. The van der Waals surface area contributed by atoms with E-state index < -0.39 is 36.2 Å². The average Bonchev–Trinajstić information content (AvgIpc) is 3.30. The molecule has 1 aromatic carbocycles. The Hall–Kier alpha value is -3.69. The molecule has 1 aliphatic heterocycles. The van der Waals surface area contributed by atoms with Gasteiger partial charge in [0.15, 0.2) is 12.4 Å². The first kappa shape index (κ1) is 23.0. The van der Waals surface area contributed by atoms with Gasteiger partial charge in [-0.25, -0.2) is 0 Å². The highest BCUT2D eigenvalue weighted by molar-refractivity contribution is 5.97. The third-order valence-electron chi connectivity index (χ3n) is 4.95. The summed E-state index contributed by atoms with van der Waals surface area (Å²) in [7, 11) is 0. The Kier molecular flexibility index (Phi) is 6.61. The lowest BCUT2D eigenvalue weighted by Gasteiger charge is -2.20. The normalized spacial score (nSPS) is 16.1. The van der Waals surface area contributed by atoms with Crippen LogP contribution in [0, 0.1) is 12.8 Å². The summed E-state index contributed by atoms with van der Waals surface area (Å²) in [5.74, 6) is -2.19. The Morgan fingerprint density at radius 3 is 2.50 bits per heavy atom. The standard InChI is InChI=1S/C22H26N4O6/c1-13-9-17(25-32-13)23-18(27)12-31-21(30)15-10-19(28)26(11-15)24-20(29)14-5-7-16(8-6-14)22(2,3)4/h5-9,15H,10-12H2,1-4H3,(H,24,29)(H,23,25,27). The van der Waals surface area contributed by atoms with Crippen molar-refractivity contribution in [3.05, 3.63) is 47.2 Å². The Labute approximate surface area is 185 Å². The Bertz CT molecular complexity index is 1020. The molecule has 2 aromatic rings. The zero-order valence-electron chi connectivity index (χ0n) is 18.4. The van der Waals surface area contributed by atoms with Crippen LogP contribution in [-0.4, -0.2) is 47.0 Å². The lowest BCUT2D eigenvalue weighted by molar-refractivity contribution is -0.151. The average molecular weight is 442 g/mol. The lowest BCUT2D eigenvalue weighted by atomic mass is 9.87. The second-order valence-corrected chi connectivity index (χ2v) is 8.65. The monoisotopic (exact) mass is 442 g/mol. The van der Waals surface area contributed by atoms with Crippen molar-refractivity contribution in [2.24, 2.45) is 5.92 Å². The number of carbonyl (C=O) groups excluding carboxylic acids is 4. The minimum absolute atomic E-state index is 0.0341. The van der Waals surface area contributed by atoms with Crippen LogP contribution >= 0.6 is 0 Å². The fourth-order valence-electron chi connectivity index (χ4n) is 3.14. The van der Waals surface area contributed by atoms with Crippen LogP contribution in [0.15, 0.2) is 34.9 Å². The molecular formula is C22H26N4O6. The van der Waals surface area contributed by atoms with Crippen molar-refractivity contribution in [1.82, 2.24) is 15.6 Å². The van der Waals surface area contributed by atoms with Gasteiger partial charge in [-0.05, 0) is 30.0 Å². The molecule has 0 saturated carbocycles. The molecule has 1 saturated heterocycles. The highest BCUT2D eigenvalue weighted by Gasteiger charge is 2.36. The molecule has 1 fully saturated rings. The highest BCUT2D eigenvalue weighted by Crippen LogP contribution is 2.22. The molecule has 3 rings (SSSR count). The number of hydrogen-bond acceptors (Lipinski definition) is 7. The Morgan fingerprint density at radius 2 is 1.91 bits per heavy atom. The molecule has 32 heavy (non-hydrogen) atoms. The molecule has 1 aromatic heterocycles. The van der Waals surface area contributed by atoms with Crippen LogP contribution in [0.2, 0.25) is 0 Å². The van der Waals surface area contributed by atoms with E-state index in [-0.39, 0.29) is 24.2 Å². The maximum atomic E-state index is 12.5. The summed E-state index contributed by atoms with van der Waals surface area (Å²) in [6.07, 6.45) is -0.119. The number of carbonyl (C=O) groups is 4. The maximum absolute atomic E-state index is 12.5. The van der Waals surface area contributed by atoms with Crippen LogP contribution < -0.4 is 10.7 Å². The predicted octanol–water partition coefficient (Wildman–Crippen LogP) is 1.96. The molecule has 1 atom stereocenters. The first-order valence-corrected chi connectivity index (χ1v) is 10.1. The zero-order valence-corrected chi connectivity index (χ0v) is 18.4. The number of ether oxygens (including phenoxy) is 1.